The fraction of sp³-hybridized carbons (Fsp3) is 0.917. The molecule has 0 unspecified atom stereocenters. The van der Waals surface area contributed by atoms with E-state index in [1.54, 1.807) is 0 Å². The zero-order chi connectivity index (χ0) is 9.23. The summed E-state index contributed by atoms with van der Waals surface area (Å²) >= 11 is 0. The third kappa shape index (κ3) is 8.10. The second-order valence-electron chi connectivity index (χ2n) is 3.86. The molecule has 0 heterocycles. The van der Waals surface area contributed by atoms with Crippen molar-refractivity contribution in [3.63, 3.8) is 0 Å². The minimum atomic E-state index is 0.724. The summed E-state index contributed by atoms with van der Waals surface area (Å²) in [6.45, 7) is 8.69. The van der Waals surface area contributed by atoms with E-state index in [4.69, 9.17) is 0 Å². The van der Waals surface area contributed by atoms with E-state index >= 15 is 0 Å². The molecule has 0 N–H and O–H groups in total. The van der Waals surface area contributed by atoms with Gasteiger partial charge in [-0.1, -0.05) is 72.1 Å². The average molecular weight is 169 g/mol. The van der Waals surface area contributed by atoms with Crippen LogP contribution in [-0.2, 0) is 0 Å². The second kappa shape index (κ2) is 9.09. The molecule has 0 aliphatic rings. The van der Waals surface area contributed by atoms with Gasteiger partial charge in [-0.25, -0.2) is 0 Å². The van der Waals surface area contributed by atoms with E-state index in [9.17, 15) is 0 Å². The van der Waals surface area contributed by atoms with Gasteiger partial charge in [-0.05, 0) is 5.92 Å². The van der Waals surface area contributed by atoms with Gasteiger partial charge in [-0.2, -0.15) is 0 Å². The van der Waals surface area contributed by atoms with Crippen LogP contribution in [0.5, 0.6) is 0 Å². The van der Waals surface area contributed by atoms with E-state index in [1.165, 1.54) is 51.4 Å². The Balaban J connectivity index is 3.02. The summed E-state index contributed by atoms with van der Waals surface area (Å²) in [5, 5.41) is 0. The van der Waals surface area contributed by atoms with Crippen LogP contribution in [0.4, 0.5) is 0 Å². The van der Waals surface area contributed by atoms with Gasteiger partial charge in [0.1, 0.15) is 0 Å². The molecule has 73 valence electrons. The van der Waals surface area contributed by atoms with Crippen LogP contribution in [0.1, 0.15) is 65.2 Å². The summed E-state index contributed by atoms with van der Waals surface area (Å²) in [5.41, 5.74) is 0. The van der Waals surface area contributed by atoms with E-state index in [2.05, 4.69) is 20.8 Å². The lowest BCUT2D eigenvalue weighted by molar-refractivity contribution is 0.481. The lowest BCUT2D eigenvalue weighted by Gasteiger charge is -2.09. The summed E-state index contributed by atoms with van der Waals surface area (Å²) in [6, 6.07) is 0. The molecule has 0 spiro atoms. The van der Waals surface area contributed by atoms with Crippen LogP contribution in [0.3, 0.4) is 0 Å². The molecule has 0 bridgehead atoms. The van der Waals surface area contributed by atoms with Crippen molar-refractivity contribution >= 4 is 0 Å². The highest BCUT2D eigenvalue weighted by Gasteiger charge is 2.00. The molecule has 12 heavy (non-hydrogen) atoms. The van der Waals surface area contributed by atoms with E-state index < -0.39 is 0 Å². The van der Waals surface area contributed by atoms with Gasteiger partial charge >= 0.3 is 0 Å². The zero-order valence-corrected chi connectivity index (χ0v) is 8.94. The van der Waals surface area contributed by atoms with Crippen molar-refractivity contribution in [3.05, 3.63) is 6.92 Å². The van der Waals surface area contributed by atoms with Crippen LogP contribution in [0.2, 0.25) is 0 Å². The van der Waals surface area contributed by atoms with Crippen LogP contribution in [0.25, 0.3) is 0 Å². The molecular weight excluding hydrogens is 144 g/mol. The van der Waals surface area contributed by atoms with Crippen LogP contribution < -0.4 is 0 Å². The van der Waals surface area contributed by atoms with Crippen LogP contribution in [0, 0.1) is 12.8 Å². The molecule has 0 aromatic heterocycles. The summed E-state index contributed by atoms with van der Waals surface area (Å²) in [6.07, 6.45) is 10.9. The summed E-state index contributed by atoms with van der Waals surface area (Å²) in [7, 11) is 0. The first-order valence-electron chi connectivity index (χ1n) is 5.64. The smallest absolute Gasteiger partial charge is 0.0414 e. The number of hydrogen-bond acceptors (Lipinski definition) is 0. The van der Waals surface area contributed by atoms with Gasteiger partial charge in [-0.15, -0.1) is 0 Å². The first-order valence-corrected chi connectivity index (χ1v) is 5.64. The topological polar surface area (TPSA) is 0 Å². The molecule has 0 aliphatic carbocycles. The van der Waals surface area contributed by atoms with Crippen molar-refractivity contribution < 1.29 is 0 Å². The van der Waals surface area contributed by atoms with Gasteiger partial charge < -0.3 is 0 Å². The minimum absolute atomic E-state index is 0.724. The van der Waals surface area contributed by atoms with Crippen molar-refractivity contribution in [2.24, 2.45) is 5.92 Å². The van der Waals surface area contributed by atoms with Gasteiger partial charge in [0.15, 0.2) is 0 Å². The molecule has 0 aromatic carbocycles. The normalized spacial score (nSPS) is 13.2. The van der Waals surface area contributed by atoms with E-state index in [0.29, 0.717) is 0 Å². The maximum Gasteiger partial charge on any atom is -0.0414 e. The van der Waals surface area contributed by atoms with Crippen LogP contribution in [0.15, 0.2) is 0 Å². The first kappa shape index (κ1) is 12.0. The largest absolute Gasteiger partial charge is 0.0654 e. The van der Waals surface area contributed by atoms with Gasteiger partial charge in [0.2, 0.25) is 0 Å². The Hall–Kier alpha value is 0. The quantitative estimate of drug-likeness (QED) is 0.466. The third-order valence-electron chi connectivity index (χ3n) is 2.43. The van der Waals surface area contributed by atoms with Gasteiger partial charge in [0.25, 0.3) is 0 Å². The van der Waals surface area contributed by atoms with Crippen LogP contribution in [-0.4, -0.2) is 0 Å². The minimum Gasteiger partial charge on any atom is -0.0654 e. The molecule has 0 saturated carbocycles. The predicted octanol–water partition coefficient (Wildman–Crippen LogP) is 4.60. The zero-order valence-electron chi connectivity index (χ0n) is 8.94. The molecule has 0 aromatic rings. The SMILES string of the molecule is [CH2][C@@H](CCCC)CCCCCC. The highest BCUT2D eigenvalue weighted by Crippen LogP contribution is 2.15. The molecule has 0 saturated heterocycles. The summed E-state index contributed by atoms with van der Waals surface area (Å²) in [4.78, 5) is 0. The van der Waals surface area contributed by atoms with Crippen molar-refractivity contribution in [1.29, 1.82) is 0 Å². The Bertz CT molecular complexity index is 76.1. The van der Waals surface area contributed by atoms with E-state index in [1.807, 2.05) is 0 Å². The highest BCUT2D eigenvalue weighted by molar-refractivity contribution is 4.61. The number of rotatable bonds is 8. The standard InChI is InChI=1S/C12H25/c1-4-6-8-9-11-12(3)10-7-5-2/h12H,3-11H2,1-2H3/t12-/m0/s1. The Morgan fingerprint density at radius 3 is 2.00 bits per heavy atom. The fourth-order valence-electron chi connectivity index (χ4n) is 1.50. The molecule has 0 nitrogen and oxygen atoms in total. The van der Waals surface area contributed by atoms with E-state index in [0.717, 1.165) is 5.92 Å². The molecule has 1 radical (unpaired) electrons. The van der Waals surface area contributed by atoms with Crippen molar-refractivity contribution in [1.82, 2.24) is 0 Å². The third-order valence-corrected chi connectivity index (χ3v) is 2.43. The molecule has 1 atom stereocenters. The maximum atomic E-state index is 4.17. The lowest BCUT2D eigenvalue weighted by Crippen LogP contribution is -1.94. The predicted molar refractivity (Wildman–Crippen MR) is 57.1 cm³/mol. The number of unbranched alkanes of at least 4 members (excludes halogenated alkanes) is 4. The number of hydrogen-bond donors (Lipinski definition) is 0. The molecule has 0 heteroatoms. The molecule has 0 rings (SSSR count). The Kier molecular flexibility index (Phi) is 9.09. The van der Waals surface area contributed by atoms with Crippen molar-refractivity contribution in [2.75, 3.05) is 0 Å². The van der Waals surface area contributed by atoms with E-state index in [-0.39, 0.29) is 0 Å². The summed E-state index contributed by atoms with van der Waals surface area (Å²) in [5.74, 6) is 0.724. The monoisotopic (exact) mass is 169 g/mol. The molecule has 0 aliphatic heterocycles. The van der Waals surface area contributed by atoms with Gasteiger partial charge in [0, 0.05) is 0 Å². The fourth-order valence-corrected chi connectivity index (χ4v) is 1.50. The molecular formula is C12H25. The maximum absolute atomic E-state index is 4.17. The molecule has 0 amide bonds. The van der Waals surface area contributed by atoms with Crippen molar-refractivity contribution in [2.45, 2.75) is 65.2 Å². The Labute approximate surface area is 78.8 Å². The van der Waals surface area contributed by atoms with Crippen molar-refractivity contribution in [3.8, 4) is 0 Å². The summed E-state index contributed by atoms with van der Waals surface area (Å²) < 4.78 is 0. The van der Waals surface area contributed by atoms with Gasteiger partial charge in [0.05, 0.1) is 0 Å². The second-order valence-corrected chi connectivity index (χ2v) is 3.86. The Morgan fingerprint density at radius 1 is 0.833 bits per heavy atom. The molecule has 0 fully saturated rings. The Morgan fingerprint density at radius 2 is 1.42 bits per heavy atom. The van der Waals surface area contributed by atoms with Crippen LogP contribution >= 0.6 is 0 Å². The first-order chi connectivity index (χ1) is 5.81. The van der Waals surface area contributed by atoms with Gasteiger partial charge in [-0.3, -0.25) is 0 Å². The highest BCUT2D eigenvalue weighted by atomic mass is 14.1. The lowest BCUT2D eigenvalue weighted by atomic mass is 9.97. The average Bonchev–Trinajstić information content (AvgIpc) is 2.09.